The van der Waals surface area contributed by atoms with E-state index >= 15 is 0 Å². The molecule has 2 aromatic rings. The predicted octanol–water partition coefficient (Wildman–Crippen LogP) is 0.797. The Morgan fingerprint density at radius 1 is 1.38 bits per heavy atom. The Bertz CT molecular complexity index is 883. The van der Waals surface area contributed by atoms with Gasteiger partial charge in [-0.1, -0.05) is 24.7 Å². The molecule has 2 aromatic heterocycles. The Kier molecular flexibility index (Phi) is 4.88. The first-order valence-corrected chi connectivity index (χ1v) is 10.5. The number of aromatic nitrogens is 3. The molecule has 0 aromatic carbocycles. The summed E-state index contributed by atoms with van der Waals surface area (Å²) in [6.45, 7) is 5.40. The summed E-state index contributed by atoms with van der Waals surface area (Å²) >= 11 is 1.34. The molecular weight excluding hydrogens is 350 g/mol. The fraction of sp³-hybridized carbons (Fsp3) is 0.643. The molecule has 3 heterocycles. The van der Waals surface area contributed by atoms with Crippen molar-refractivity contribution in [2.45, 2.75) is 26.7 Å². The smallest absolute Gasteiger partial charge is 0.275 e. The number of rotatable bonds is 7. The standard InChI is InChI=1S/C14H21N5O3S2/c1-3-5-11-6-12(20)19-14(16-11)23-13(17-19)15-7-10-8-18(9-10)24(21,22)4-2/h6,10H,3-5,7-9H2,1-2H3,(H,15,17). The Morgan fingerprint density at radius 2 is 2.12 bits per heavy atom. The first kappa shape index (κ1) is 17.3. The molecule has 0 atom stereocenters. The lowest BCUT2D eigenvalue weighted by Gasteiger charge is -2.37. The minimum Gasteiger partial charge on any atom is -0.360 e. The fourth-order valence-electron chi connectivity index (χ4n) is 2.60. The maximum atomic E-state index is 12.0. The number of hydrogen-bond acceptors (Lipinski definition) is 7. The van der Waals surface area contributed by atoms with Crippen LogP contribution in [0, 0.1) is 5.92 Å². The van der Waals surface area contributed by atoms with Gasteiger partial charge in [-0.25, -0.2) is 17.7 Å². The summed E-state index contributed by atoms with van der Waals surface area (Å²) in [5, 5.41) is 8.07. The van der Waals surface area contributed by atoms with Crippen molar-refractivity contribution >= 4 is 31.5 Å². The molecule has 1 N–H and O–H groups in total. The normalized spacial score (nSPS) is 16.4. The number of fused-ring (bicyclic) bond motifs is 1. The summed E-state index contributed by atoms with van der Waals surface area (Å²) in [7, 11) is -3.08. The van der Waals surface area contributed by atoms with E-state index in [4.69, 9.17) is 0 Å². The van der Waals surface area contributed by atoms with Crippen molar-refractivity contribution in [2.24, 2.45) is 5.92 Å². The lowest BCUT2D eigenvalue weighted by molar-refractivity contribution is 0.212. The van der Waals surface area contributed by atoms with Gasteiger partial charge in [0.25, 0.3) is 5.56 Å². The third-order valence-electron chi connectivity index (χ3n) is 4.03. The molecule has 8 nitrogen and oxygen atoms in total. The van der Waals surface area contributed by atoms with Gasteiger partial charge in [0.2, 0.25) is 20.1 Å². The van der Waals surface area contributed by atoms with Crippen LogP contribution in [0.15, 0.2) is 10.9 Å². The van der Waals surface area contributed by atoms with E-state index in [9.17, 15) is 13.2 Å². The highest BCUT2D eigenvalue weighted by atomic mass is 32.2. The molecule has 1 fully saturated rings. The van der Waals surface area contributed by atoms with Crippen molar-refractivity contribution in [3.8, 4) is 0 Å². The zero-order valence-corrected chi connectivity index (χ0v) is 15.4. The Balaban J connectivity index is 1.63. The molecule has 0 radical (unpaired) electrons. The van der Waals surface area contributed by atoms with Crippen molar-refractivity contribution in [3.05, 3.63) is 22.1 Å². The maximum Gasteiger partial charge on any atom is 0.275 e. The van der Waals surface area contributed by atoms with Crippen molar-refractivity contribution in [2.75, 3.05) is 30.7 Å². The summed E-state index contributed by atoms with van der Waals surface area (Å²) in [5.74, 6) is 0.401. The van der Waals surface area contributed by atoms with E-state index in [-0.39, 0.29) is 17.2 Å². The van der Waals surface area contributed by atoms with E-state index < -0.39 is 10.0 Å². The van der Waals surface area contributed by atoms with Crippen molar-refractivity contribution < 1.29 is 8.42 Å². The molecule has 1 aliphatic heterocycles. The first-order valence-electron chi connectivity index (χ1n) is 8.04. The highest BCUT2D eigenvalue weighted by Crippen LogP contribution is 2.22. The highest BCUT2D eigenvalue weighted by Gasteiger charge is 2.34. The second-order valence-electron chi connectivity index (χ2n) is 5.90. The van der Waals surface area contributed by atoms with Crippen LogP contribution in [0.25, 0.3) is 4.96 Å². The second kappa shape index (κ2) is 6.77. The van der Waals surface area contributed by atoms with Crippen LogP contribution in [0.1, 0.15) is 26.0 Å². The average Bonchev–Trinajstić information content (AvgIpc) is 2.89. The highest BCUT2D eigenvalue weighted by molar-refractivity contribution is 7.89. The van der Waals surface area contributed by atoms with Crippen LogP contribution in [0.2, 0.25) is 0 Å². The second-order valence-corrected chi connectivity index (χ2v) is 9.12. The van der Waals surface area contributed by atoms with Gasteiger partial charge in [-0.05, 0) is 13.3 Å². The Morgan fingerprint density at radius 3 is 2.79 bits per heavy atom. The molecule has 3 rings (SSSR count). The average molecular weight is 371 g/mol. The molecule has 0 aliphatic carbocycles. The van der Waals surface area contributed by atoms with Gasteiger partial charge in [-0.15, -0.1) is 5.10 Å². The number of aryl methyl sites for hydroxylation is 1. The van der Waals surface area contributed by atoms with Crippen LogP contribution >= 0.6 is 11.3 Å². The minimum atomic E-state index is -3.08. The summed E-state index contributed by atoms with van der Waals surface area (Å²) in [4.78, 5) is 17.1. The van der Waals surface area contributed by atoms with Gasteiger partial charge >= 0.3 is 0 Å². The van der Waals surface area contributed by atoms with Gasteiger partial charge in [-0.3, -0.25) is 4.79 Å². The van der Waals surface area contributed by atoms with Gasteiger partial charge in [0.1, 0.15) is 0 Å². The van der Waals surface area contributed by atoms with Crippen molar-refractivity contribution in [1.82, 2.24) is 18.9 Å². The summed E-state index contributed by atoms with van der Waals surface area (Å²) in [6, 6.07) is 1.53. The third-order valence-corrected chi connectivity index (χ3v) is 6.71. The van der Waals surface area contributed by atoms with E-state index in [0.29, 0.717) is 29.7 Å². The van der Waals surface area contributed by atoms with Crippen molar-refractivity contribution in [3.63, 3.8) is 0 Å². The van der Waals surface area contributed by atoms with Crippen LogP contribution in [0.3, 0.4) is 0 Å². The zero-order valence-electron chi connectivity index (χ0n) is 13.7. The zero-order chi connectivity index (χ0) is 17.3. The number of nitrogens with zero attached hydrogens (tertiary/aromatic N) is 4. The largest absolute Gasteiger partial charge is 0.360 e. The summed E-state index contributed by atoms with van der Waals surface area (Å²) in [5.41, 5.74) is 0.619. The molecule has 0 saturated carbocycles. The molecule has 24 heavy (non-hydrogen) atoms. The third kappa shape index (κ3) is 3.45. The molecule has 0 unspecified atom stereocenters. The first-order chi connectivity index (χ1) is 11.4. The monoisotopic (exact) mass is 371 g/mol. The SMILES string of the molecule is CCCc1cc(=O)n2nc(NCC3CN(S(=O)(=O)CC)C3)sc2n1. The summed E-state index contributed by atoms with van der Waals surface area (Å²) in [6.07, 6.45) is 1.71. The number of anilines is 1. The van der Waals surface area contributed by atoms with Gasteiger partial charge in [0, 0.05) is 37.3 Å². The van der Waals surface area contributed by atoms with Crippen LogP contribution in [-0.4, -0.2) is 52.7 Å². The molecule has 0 amide bonds. The number of sulfonamides is 1. The molecule has 1 aliphatic rings. The molecule has 0 spiro atoms. The molecule has 0 bridgehead atoms. The van der Waals surface area contributed by atoms with E-state index in [0.717, 1.165) is 18.5 Å². The summed E-state index contributed by atoms with van der Waals surface area (Å²) < 4.78 is 26.2. The topological polar surface area (TPSA) is 96.7 Å². The van der Waals surface area contributed by atoms with Gasteiger partial charge < -0.3 is 5.32 Å². The van der Waals surface area contributed by atoms with Crippen LogP contribution in [0.4, 0.5) is 5.13 Å². The maximum absolute atomic E-state index is 12.0. The van der Waals surface area contributed by atoms with E-state index in [1.807, 2.05) is 6.92 Å². The van der Waals surface area contributed by atoms with Gasteiger partial charge in [-0.2, -0.15) is 4.52 Å². The fourth-order valence-corrected chi connectivity index (χ4v) is 4.68. The van der Waals surface area contributed by atoms with E-state index in [2.05, 4.69) is 15.4 Å². The predicted molar refractivity (Wildman–Crippen MR) is 94.1 cm³/mol. The van der Waals surface area contributed by atoms with E-state index in [1.54, 1.807) is 6.92 Å². The lowest BCUT2D eigenvalue weighted by atomic mass is 10.0. The molecule has 1 saturated heterocycles. The van der Waals surface area contributed by atoms with Crippen molar-refractivity contribution in [1.29, 1.82) is 0 Å². The molecule has 132 valence electrons. The Labute approximate surface area is 144 Å². The molecule has 10 heteroatoms. The lowest BCUT2D eigenvalue weighted by Crippen LogP contribution is -2.52. The minimum absolute atomic E-state index is 0.139. The number of nitrogens with one attached hydrogen (secondary N) is 1. The van der Waals surface area contributed by atoms with Crippen LogP contribution < -0.4 is 10.9 Å². The van der Waals surface area contributed by atoms with Crippen LogP contribution in [-0.2, 0) is 16.4 Å². The van der Waals surface area contributed by atoms with Crippen LogP contribution in [0.5, 0.6) is 0 Å². The Hall–Kier alpha value is -1.52. The van der Waals surface area contributed by atoms with E-state index in [1.165, 1.54) is 26.2 Å². The molecular formula is C14H21N5O3S2. The quantitative estimate of drug-likeness (QED) is 0.773. The van der Waals surface area contributed by atoms with Gasteiger partial charge in [0.05, 0.1) is 5.75 Å². The number of hydrogen-bond donors (Lipinski definition) is 1. The van der Waals surface area contributed by atoms with Gasteiger partial charge in [0.15, 0.2) is 0 Å².